The normalized spacial score (nSPS) is 18.5. The van der Waals surface area contributed by atoms with Crippen LogP contribution in [0.1, 0.15) is 20.8 Å². The summed E-state index contributed by atoms with van der Waals surface area (Å²) in [5.41, 5.74) is -0.668. The molecule has 5 nitrogen and oxygen atoms in total. The van der Waals surface area contributed by atoms with Gasteiger partial charge in [-0.15, -0.1) is 0 Å². The molecule has 1 heterocycles. The van der Waals surface area contributed by atoms with Crippen LogP contribution in [0.15, 0.2) is 18.2 Å². The first kappa shape index (κ1) is 17.2. The number of halogens is 2. The van der Waals surface area contributed by atoms with Crippen LogP contribution in [0.3, 0.4) is 0 Å². The number of carbonyl (C=O) groups is 2. The molecular formula is C14H16Cl2N2O3S. The molecule has 0 aromatic heterocycles. The van der Waals surface area contributed by atoms with Crippen molar-refractivity contribution in [1.29, 1.82) is 0 Å². The number of amides is 2. The first-order chi connectivity index (χ1) is 10.2. The van der Waals surface area contributed by atoms with E-state index in [1.807, 2.05) is 20.8 Å². The minimum Gasteiger partial charge on any atom is -0.425 e. The van der Waals surface area contributed by atoms with E-state index >= 15 is 0 Å². The Morgan fingerprint density at radius 2 is 2.05 bits per heavy atom. The Kier molecular flexibility index (Phi) is 5.14. The molecule has 0 saturated carbocycles. The Bertz CT molecular complexity index is 604. The molecule has 2 amide bonds. The molecule has 1 aromatic carbocycles. The summed E-state index contributed by atoms with van der Waals surface area (Å²) in [5.74, 6) is 0.0806. The number of anilines is 1. The van der Waals surface area contributed by atoms with Crippen LogP contribution in [0.4, 0.5) is 10.5 Å². The van der Waals surface area contributed by atoms with Crippen molar-refractivity contribution >= 4 is 52.7 Å². The van der Waals surface area contributed by atoms with Gasteiger partial charge in [-0.1, -0.05) is 35.0 Å². The second-order valence-electron chi connectivity index (χ2n) is 5.77. The number of nitrogens with one attached hydrogen (secondary N) is 1. The molecule has 1 unspecified atom stereocenters. The molecule has 2 rings (SSSR count). The van der Waals surface area contributed by atoms with Crippen LogP contribution in [-0.4, -0.2) is 28.9 Å². The van der Waals surface area contributed by atoms with Gasteiger partial charge < -0.3 is 10.1 Å². The fourth-order valence-corrected chi connectivity index (χ4v) is 3.05. The molecule has 1 aromatic rings. The number of carbonyl (C=O) groups excluding carboxylic acids is 2. The summed E-state index contributed by atoms with van der Waals surface area (Å²) < 4.78 is 5.17. The molecule has 8 heteroatoms. The molecule has 1 fully saturated rings. The summed E-state index contributed by atoms with van der Waals surface area (Å²) in [7, 11) is 0. The largest absolute Gasteiger partial charge is 0.425 e. The topological polar surface area (TPSA) is 58.6 Å². The van der Waals surface area contributed by atoms with E-state index in [9.17, 15) is 9.59 Å². The van der Waals surface area contributed by atoms with Crippen molar-refractivity contribution in [2.75, 3.05) is 10.8 Å². The van der Waals surface area contributed by atoms with Gasteiger partial charge in [0.25, 0.3) is 5.91 Å². The zero-order valence-corrected chi connectivity index (χ0v) is 14.7. The third-order valence-corrected chi connectivity index (χ3v) is 4.48. The summed E-state index contributed by atoms with van der Waals surface area (Å²) in [6.45, 7) is 5.50. The number of hydrogen-bond donors (Lipinski definition) is 1. The van der Waals surface area contributed by atoms with E-state index in [-0.39, 0.29) is 5.91 Å². The predicted molar refractivity (Wildman–Crippen MR) is 89.6 cm³/mol. The lowest BCUT2D eigenvalue weighted by Gasteiger charge is -2.21. The van der Waals surface area contributed by atoms with Gasteiger partial charge in [-0.2, -0.15) is 0 Å². The molecule has 1 atom stereocenters. The van der Waals surface area contributed by atoms with E-state index in [2.05, 4.69) is 5.32 Å². The number of ether oxygens (including phenoxy) is 1. The Morgan fingerprint density at radius 3 is 2.64 bits per heavy atom. The zero-order valence-electron chi connectivity index (χ0n) is 12.4. The molecule has 0 spiro atoms. The molecule has 1 saturated heterocycles. The third-order valence-electron chi connectivity index (χ3n) is 2.73. The molecule has 0 aliphatic carbocycles. The number of hydrogen-bond acceptors (Lipinski definition) is 4. The first-order valence-corrected chi connectivity index (χ1v) is 8.35. The van der Waals surface area contributed by atoms with Crippen molar-refractivity contribution in [3.63, 3.8) is 0 Å². The zero-order chi connectivity index (χ0) is 16.5. The van der Waals surface area contributed by atoms with Crippen molar-refractivity contribution in [1.82, 2.24) is 5.32 Å². The number of thioether (sulfide) groups is 1. The number of nitrogens with zero attached hydrogens (tertiary/aromatic N) is 1. The molecule has 0 radical (unpaired) electrons. The third kappa shape index (κ3) is 4.21. The van der Waals surface area contributed by atoms with Crippen molar-refractivity contribution in [2.45, 2.75) is 31.7 Å². The number of rotatable bonds is 2. The van der Waals surface area contributed by atoms with Crippen molar-refractivity contribution in [2.24, 2.45) is 0 Å². The fraction of sp³-hybridized carbons (Fsp3) is 0.429. The average molecular weight is 363 g/mol. The maximum atomic E-state index is 12.3. The minimum absolute atomic E-state index is 0.299. The van der Waals surface area contributed by atoms with E-state index in [0.29, 0.717) is 21.6 Å². The van der Waals surface area contributed by atoms with Gasteiger partial charge in [0.2, 0.25) is 5.44 Å². The van der Waals surface area contributed by atoms with E-state index in [1.165, 1.54) is 16.7 Å². The van der Waals surface area contributed by atoms with Gasteiger partial charge in [-0.05, 0) is 39.0 Å². The van der Waals surface area contributed by atoms with E-state index in [1.54, 1.807) is 18.2 Å². The van der Waals surface area contributed by atoms with Gasteiger partial charge in [-0.3, -0.25) is 9.69 Å². The molecule has 1 N–H and O–H groups in total. The minimum atomic E-state index is -0.864. The van der Waals surface area contributed by atoms with Crippen LogP contribution < -0.4 is 10.2 Å². The van der Waals surface area contributed by atoms with Crippen LogP contribution >= 0.6 is 35.0 Å². The Balaban J connectivity index is 2.03. The lowest BCUT2D eigenvalue weighted by Crippen LogP contribution is -2.43. The first-order valence-electron chi connectivity index (χ1n) is 6.54. The maximum absolute atomic E-state index is 12.3. The highest BCUT2D eigenvalue weighted by Gasteiger charge is 2.37. The van der Waals surface area contributed by atoms with Crippen molar-refractivity contribution in [3.05, 3.63) is 28.2 Å². The van der Waals surface area contributed by atoms with Crippen LogP contribution in [0.25, 0.3) is 0 Å². The highest BCUT2D eigenvalue weighted by atomic mass is 35.5. The predicted octanol–water partition coefficient (Wildman–Crippen LogP) is 3.88. The fourth-order valence-electron chi connectivity index (χ4n) is 1.78. The maximum Gasteiger partial charge on any atom is 0.409 e. The Labute approximate surface area is 143 Å². The second-order valence-corrected chi connectivity index (χ2v) is 7.61. The highest BCUT2D eigenvalue weighted by molar-refractivity contribution is 8.01. The van der Waals surface area contributed by atoms with Crippen LogP contribution in [0.2, 0.25) is 10.0 Å². The lowest BCUT2D eigenvalue weighted by molar-refractivity contribution is -0.122. The molecule has 1 aliphatic heterocycles. The second kappa shape index (κ2) is 6.56. The molecule has 0 bridgehead atoms. The number of benzene rings is 1. The summed E-state index contributed by atoms with van der Waals surface area (Å²) >= 11 is 13.1. The molecule has 120 valence electrons. The summed E-state index contributed by atoms with van der Waals surface area (Å²) in [4.78, 5) is 25.6. The van der Waals surface area contributed by atoms with Gasteiger partial charge in [0.15, 0.2) is 0 Å². The average Bonchev–Trinajstić information content (AvgIpc) is 2.72. The summed E-state index contributed by atoms with van der Waals surface area (Å²) in [5, 5.41) is 3.44. The monoisotopic (exact) mass is 362 g/mol. The van der Waals surface area contributed by atoms with Crippen molar-refractivity contribution < 1.29 is 14.3 Å². The molecule has 22 heavy (non-hydrogen) atoms. The van der Waals surface area contributed by atoms with Crippen molar-refractivity contribution in [3.8, 4) is 0 Å². The van der Waals surface area contributed by atoms with E-state index in [4.69, 9.17) is 27.9 Å². The highest BCUT2D eigenvalue weighted by Crippen LogP contribution is 2.33. The smallest absolute Gasteiger partial charge is 0.409 e. The quantitative estimate of drug-likeness (QED) is 0.866. The van der Waals surface area contributed by atoms with E-state index < -0.39 is 17.1 Å². The summed E-state index contributed by atoms with van der Waals surface area (Å²) in [6.07, 6.45) is -0.616. The van der Waals surface area contributed by atoms with E-state index in [0.717, 1.165) is 0 Å². The SMILES string of the molecule is CC(C)(C)NC(=O)OC1SCN(c2ccc(Cl)c(Cl)c2)C1=O. The number of alkyl carbamates (subject to hydrolysis) is 1. The molecule has 1 aliphatic rings. The lowest BCUT2D eigenvalue weighted by atomic mass is 10.1. The Hall–Kier alpha value is -1.11. The molecular weight excluding hydrogens is 347 g/mol. The van der Waals surface area contributed by atoms with Crippen LogP contribution in [0, 0.1) is 0 Å². The van der Waals surface area contributed by atoms with Gasteiger partial charge in [0.1, 0.15) is 0 Å². The van der Waals surface area contributed by atoms with Crippen LogP contribution in [0.5, 0.6) is 0 Å². The van der Waals surface area contributed by atoms with Gasteiger partial charge >= 0.3 is 6.09 Å². The van der Waals surface area contributed by atoms with Crippen LogP contribution in [-0.2, 0) is 9.53 Å². The summed E-state index contributed by atoms with van der Waals surface area (Å²) in [6, 6.07) is 4.93. The van der Waals surface area contributed by atoms with Gasteiger partial charge in [-0.25, -0.2) is 4.79 Å². The van der Waals surface area contributed by atoms with Gasteiger partial charge in [0, 0.05) is 11.2 Å². The Morgan fingerprint density at radius 1 is 1.36 bits per heavy atom. The van der Waals surface area contributed by atoms with Gasteiger partial charge in [0.05, 0.1) is 15.9 Å². The standard InChI is InChI=1S/C14H16Cl2N2O3S/c1-14(2,3)17-13(20)21-12-11(19)18(7-22-12)8-4-5-9(15)10(16)6-8/h4-6,12H,7H2,1-3H3,(H,17,20).